The molecule has 92 heavy (non-hydrogen) atoms. The third kappa shape index (κ3) is 19.7. The van der Waals surface area contributed by atoms with Gasteiger partial charge in [-0.3, -0.25) is 52.7 Å². The summed E-state index contributed by atoms with van der Waals surface area (Å²) in [4.78, 5) is 171. The Labute approximate surface area is 549 Å². The van der Waals surface area contributed by atoms with Crippen molar-refractivity contribution in [1.29, 1.82) is 0 Å². The maximum absolute atomic E-state index is 15.1. The molecule has 22 nitrogen and oxygen atoms in total. The molecule has 5 aliphatic rings. The molecule has 5 rings (SSSR count). The molecular weight excluding hydrogens is 1220 g/mol. The highest BCUT2D eigenvalue weighted by Gasteiger charge is 2.51. The monoisotopic (exact) mass is 1320 g/mol. The van der Waals surface area contributed by atoms with Gasteiger partial charge in [-0.1, -0.05) is 93.4 Å². The highest BCUT2D eigenvalue weighted by atomic mass is 35.5. The first-order valence-corrected chi connectivity index (χ1v) is 34.1. The normalized spacial score (nSPS) is 31.0. The van der Waals surface area contributed by atoms with Crippen molar-refractivity contribution in [1.82, 2.24) is 55.1 Å². The molecule has 11 atom stereocenters. The van der Waals surface area contributed by atoms with Gasteiger partial charge >= 0.3 is 6.18 Å². The first kappa shape index (κ1) is 77.0. The number of rotatable bonds is 10. The minimum Gasteiger partial charge on any atom is -0.343 e. The summed E-state index contributed by atoms with van der Waals surface area (Å²) in [5, 5.41) is 7.56. The van der Waals surface area contributed by atoms with E-state index in [1.165, 1.54) is 83.6 Å². The highest BCUT2D eigenvalue weighted by molar-refractivity contribution is 6.20. The number of fused-ring (bicyclic) bond motifs is 1. The van der Waals surface area contributed by atoms with Crippen molar-refractivity contribution >= 4 is 76.6 Å². The molecule has 3 aliphatic carbocycles. The molecule has 3 saturated carbocycles. The Bertz CT molecular complexity index is 2620. The molecule has 3 N–H and O–H groups in total. The molecule has 2 saturated heterocycles. The Morgan fingerprint density at radius 1 is 0.609 bits per heavy atom. The van der Waals surface area contributed by atoms with Crippen molar-refractivity contribution in [2.24, 2.45) is 41.4 Å². The number of likely N-dealkylation sites (N-methyl/N-ethyl adjacent to an activating group) is 7. The lowest BCUT2D eigenvalue weighted by Gasteiger charge is -2.41. The SMILES string of the molecule is CC[C@H](C)[C@@H]1NC(=O)[C@H](CC(C)C)N(C)C(=O)C[C@@H](C)N(C)C(=O)[C@H](C(C)C)N(C)C(=O)C2(CCCC2)NC(=O)[C@@H]2CCCN2C(=O)[C@H](CCC2CCC(C(F)(F)F)C(Cl)C2)NC(=O)CN(C)C(=O)[C@H](CC2CCC(C)CC2)N(C)C(=O)CN(C)C(=O)CN(C)C1=O. The summed E-state index contributed by atoms with van der Waals surface area (Å²) in [5.74, 6) is -9.01. The number of hydrogen-bond donors (Lipinski definition) is 3. The lowest BCUT2D eigenvalue weighted by Crippen LogP contribution is -2.64. The molecule has 1 spiro atoms. The van der Waals surface area contributed by atoms with Gasteiger partial charge in [0.2, 0.25) is 65.0 Å². The predicted molar refractivity (Wildman–Crippen MR) is 343 cm³/mol. The third-order valence-electron chi connectivity index (χ3n) is 20.7. The van der Waals surface area contributed by atoms with E-state index in [-0.39, 0.29) is 94.9 Å². The van der Waals surface area contributed by atoms with Crippen LogP contribution < -0.4 is 16.0 Å². The van der Waals surface area contributed by atoms with Crippen LogP contribution in [0.25, 0.3) is 0 Å². The van der Waals surface area contributed by atoms with Crippen molar-refractivity contribution in [2.45, 2.75) is 237 Å². The molecule has 0 bridgehead atoms. The first-order chi connectivity index (χ1) is 42.9. The molecular formula is C66H109ClF3N11O11. The zero-order chi connectivity index (χ0) is 69.0. The van der Waals surface area contributed by atoms with Crippen LogP contribution in [0.5, 0.6) is 0 Å². The minimum atomic E-state index is -4.49. The maximum Gasteiger partial charge on any atom is 0.393 e. The van der Waals surface area contributed by atoms with Gasteiger partial charge in [0.1, 0.15) is 41.8 Å². The van der Waals surface area contributed by atoms with Crippen molar-refractivity contribution in [3.05, 3.63) is 0 Å². The Hall–Kier alpha value is -5.75. The second-order valence-corrected chi connectivity index (χ2v) is 29.2. The summed E-state index contributed by atoms with van der Waals surface area (Å²) in [6, 6.07) is -7.53. The number of carbonyl (C=O) groups excluding carboxylic acids is 11. The number of hydrogen-bond acceptors (Lipinski definition) is 11. The fourth-order valence-corrected chi connectivity index (χ4v) is 14.8. The molecule has 26 heteroatoms. The van der Waals surface area contributed by atoms with Gasteiger partial charge in [-0.25, -0.2) is 0 Å². The molecule has 2 aliphatic heterocycles. The van der Waals surface area contributed by atoms with Gasteiger partial charge in [0.25, 0.3) is 0 Å². The van der Waals surface area contributed by atoms with E-state index in [0.717, 1.165) is 30.6 Å². The van der Waals surface area contributed by atoms with E-state index in [4.69, 9.17) is 11.6 Å². The van der Waals surface area contributed by atoms with Gasteiger partial charge in [0.05, 0.1) is 25.6 Å². The summed E-state index contributed by atoms with van der Waals surface area (Å²) in [7, 11) is 10.2. The summed E-state index contributed by atoms with van der Waals surface area (Å²) >= 11 is 6.37. The predicted octanol–water partition coefficient (Wildman–Crippen LogP) is 5.81. The van der Waals surface area contributed by atoms with Crippen LogP contribution in [0.15, 0.2) is 0 Å². The average Bonchev–Trinajstić information content (AvgIpc) is 1.50. The summed E-state index contributed by atoms with van der Waals surface area (Å²) < 4.78 is 41.8. The van der Waals surface area contributed by atoms with Crippen LogP contribution in [-0.2, 0) is 52.7 Å². The Morgan fingerprint density at radius 3 is 1.77 bits per heavy atom. The lowest BCUT2D eigenvalue weighted by molar-refractivity contribution is -0.182. The third-order valence-corrected chi connectivity index (χ3v) is 21.2. The Balaban J connectivity index is 1.54. The molecule has 2 heterocycles. The molecule has 0 aromatic heterocycles. The van der Waals surface area contributed by atoms with E-state index < -0.39 is 162 Å². The van der Waals surface area contributed by atoms with Gasteiger partial charge in [0.15, 0.2) is 0 Å². The van der Waals surface area contributed by atoms with E-state index in [0.29, 0.717) is 31.6 Å². The van der Waals surface area contributed by atoms with Gasteiger partial charge in [-0.05, 0) is 113 Å². The Morgan fingerprint density at radius 2 is 1.20 bits per heavy atom. The van der Waals surface area contributed by atoms with Crippen LogP contribution in [0.3, 0.4) is 0 Å². The van der Waals surface area contributed by atoms with Crippen molar-refractivity contribution in [2.75, 3.05) is 75.5 Å². The summed E-state index contributed by atoms with van der Waals surface area (Å²) in [6.45, 7) is 13.4. The summed E-state index contributed by atoms with van der Waals surface area (Å²) in [5.41, 5.74) is -1.48. The van der Waals surface area contributed by atoms with Crippen molar-refractivity contribution < 1.29 is 65.9 Å². The zero-order valence-electron chi connectivity index (χ0n) is 57.5. The quantitative estimate of drug-likeness (QED) is 0.220. The molecule has 0 aromatic rings. The number of alkyl halides is 4. The molecule has 5 fully saturated rings. The zero-order valence-corrected chi connectivity index (χ0v) is 58.3. The lowest BCUT2D eigenvalue weighted by atomic mass is 9.78. The highest BCUT2D eigenvalue weighted by Crippen LogP contribution is 2.44. The van der Waals surface area contributed by atoms with Crippen LogP contribution >= 0.6 is 11.6 Å². The molecule has 522 valence electrons. The van der Waals surface area contributed by atoms with Crippen molar-refractivity contribution in [3.63, 3.8) is 0 Å². The number of nitrogens with zero attached hydrogens (tertiary/aromatic N) is 8. The van der Waals surface area contributed by atoms with Crippen LogP contribution in [0.4, 0.5) is 13.2 Å². The smallest absolute Gasteiger partial charge is 0.343 e. The second kappa shape index (κ2) is 33.6. The number of halogens is 4. The number of carbonyl (C=O) groups is 11. The number of nitrogens with one attached hydrogen (secondary N) is 3. The van der Waals surface area contributed by atoms with Gasteiger partial charge in [0, 0.05) is 73.7 Å². The van der Waals surface area contributed by atoms with E-state index in [1.54, 1.807) is 27.7 Å². The van der Waals surface area contributed by atoms with Gasteiger partial charge < -0.3 is 55.1 Å². The molecule has 0 radical (unpaired) electrons. The minimum absolute atomic E-state index is 0.0137. The fraction of sp³-hybridized carbons (Fsp3) is 0.833. The van der Waals surface area contributed by atoms with Crippen LogP contribution in [0.2, 0.25) is 0 Å². The van der Waals surface area contributed by atoms with E-state index >= 15 is 9.59 Å². The number of amides is 11. The van der Waals surface area contributed by atoms with Crippen molar-refractivity contribution in [3.8, 4) is 0 Å². The maximum atomic E-state index is 15.1. The van der Waals surface area contributed by atoms with E-state index in [2.05, 4.69) is 22.9 Å². The fourth-order valence-electron chi connectivity index (χ4n) is 14.3. The largest absolute Gasteiger partial charge is 0.393 e. The Kier molecular flexibility index (Phi) is 28.1. The second-order valence-electron chi connectivity index (χ2n) is 28.7. The summed E-state index contributed by atoms with van der Waals surface area (Å²) in [6.07, 6.45) is 1.84. The average molecular weight is 1330 g/mol. The molecule has 3 unspecified atom stereocenters. The first-order valence-electron chi connectivity index (χ1n) is 33.7. The molecule has 11 amide bonds. The van der Waals surface area contributed by atoms with E-state index in [9.17, 15) is 56.3 Å². The molecule has 0 aromatic carbocycles. The topological polar surface area (TPSA) is 250 Å². The van der Waals surface area contributed by atoms with Gasteiger partial charge in [-0.15, -0.1) is 11.6 Å². The van der Waals surface area contributed by atoms with E-state index in [1.807, 2.05) is 20.8 Å². The van der Waals surface area contributed by atoms with Gasteiger partial charge in [-0.2, -0.15) is 13.2 Å². The van der Waals surface area contributed by atoms with Crippen LogP contribution in [-0.4, -0.2) is 239 Å². The van der Waals surface area contributed by atoms with Crippen LogP contribution in [0, 0.1) is 41.4 Å². The standard InChI is InChI=1S/C66H109ClF3N11O11/c1-16-42(7)56-62(90)76(11)37-54(84)74(9)38-55(85)79(14)51(35-45-23-21-41(6)22-24-45)61(89)75(10)36-52(82)71-48(28-26-44-25-27-46(47(67)34-44)66(68,69)70)60(88)81-31-19-20-49(81)59(87)73-65(29-17-18-30-65)64(92)80(15)57(40(4)5)63(91)77(12)43(8)33-53(83)78(13)50(32-39(2)3)58(86)72-56/h39-51,56-57H,16-38H2,1-15H3,(H,71,82)(H,72,86)(H,73,87)/t41?,42-,43+,44?,45?,46?,47?,48-,49-,50-,51-,56-,57-/m0/s1. The van der Waals surface area contributed by atoms with Crippen LogP contribution in [0.1, 0.15) is 177 Å².